The standard InChI is InChI=1S/C50H52N8O7/c1-27(2)42(55-49(61)63-3)47(59)57-20-8-11-40(57)45-51-25-39(54-45)31-14-17-35-33(21-31)26-65-41-24-30(13-18-36(35)41)29-15-19-37-38(23-29)53-46(52-37)44-32-12-16-34(22-32)58(44)48(60)43(56-50(62)64-4)28-9-6-5-7-10-28/h5-7,9-10,13-15,17-19,21,23-25,27,32,34,40,42-44H,8,11-12,16,20,22,26H2,1-4H3,(H,51,54)(H,52,53)(H,55,61)(H,56,62)/t32-,34+,40-,42-,43+,44-/m0/s1. The van der Waals surface area contributed by atoms with Gasteiger partial charge in [0.25, 0.3) is 5.91 Å². The van der Waals surface area contributed by atoms with Crippen LogP contribution >= 0.6 is 0 Å². The number of carbonyl (C=O) groups excluding carboxylic acids is 4. The maximum absolute atomic E-state index is 14.4. The number of nitrogens with zero attached hydrogens (tertiary/aromatic N) is 4. The number of rotatable bonds is 10. The summed E-state index contributed by atoms with van der Waals surface area (Å²) in [5.74, 6) is 2.09. The van der Waals surface area contributed by atoms with Gasteiger partial charge in [-0.1, -0.05) is 74.5 Å². The Balaban J connectivity index is 0.864. The van der Waals surface area contributed by atoms with Crippen LogP contribution in [0.4, 0.5) is 9.59 Å². The summed E-state index contributed by atoms with van der Waals surface area (Å²) in [4.78, 5) is 73.2. The smallest absolute Gasteiger partial charge is 0.407 e. The molecule has 2 saturated heterocycles. The summed E-state index contributed by atoms with van der Waals surface area (Å²) in [7, 11) is 2.59. The highest BCUT2D eigenvalue weighted by Gasteiger charge is 2.51. The van der Waals surface area contributed by atoms with E-state index in [0.717, 1.165) is 93.8 Å². The van der Waals surface area contributed by atoms with Gasteiger partial charge >= 0.3 is 12.2 Å². The summed E-state index contributed by atoms with van der Waals surface area (Å²) in [5.41, 5.74) is 9.37. The predicted molar refractivity (Wildman–Crippen MR) is 242 cm³/mol. The third-order valence-electron chi connectivity index (χ3n) is 13.7. The first-order chi connectivity index (χ1) is 31.6. The van der Waals surface area contributed by atoms with Crippen LogP contribution in [0.15, 0.2) is 91.1 Å². The van der Waals surface area contributed by atoms with Gasteiger partial charge in [-0.05, 0) is 102 Å². The lowest BCUT2D eigenvalue weighted by Gasteiger charge is -2.36. The van der Waals surface area contributed by atoms with E-state index in [1.54, 1.807) is 0 Å². The summed E-state index contributed by atoms with van der Waals surface area (Å²) in [5, 5.41) is 5.49. The van der Waals surface area contributed by atoms with Crippen LogP contribution in [-0.2, 0) is 25.7 Å². The monoisotopic (exact) mass is 876 g/mol. The quantitative estimate of drug-likeness (QED) is 0.105. The number of aromatic nitrogens is 4. The SMILES string of the molecule is COC(=O)N[C@H](C(=O)N1CCC[C@H]1c1ncc(-c2ccc3c(c2)COc2cc(-c4ccc5nc([C@@H]6[C@H]7CC[C@H](C7)N6C(=O)[C@H](NC(=O)OC)c6ccccc6)[nH]c5c4)ccc2-3)[nH]1)C(C)C. The van der Waals surface area contributed by atoms with Gasteiger partial charge in [0.1, 0.15) is 36.1 Å². The van der Waals surface area contributed by atoms with Crippen LogP contribution < -0.4 is 15.4 Å². The Morgan fingerprint density at radius 3 is 2.35 bits per heavy atom. The van der Waals surface area contributed by atoms with E-state index in [2.05, 4.69) is 69.1 Å². The molecule has 4 amide bonds. The van der Waals surface area contributed by atoms with E-state index in [1.807, 2.05) is 66.2 Å². The lowest BCUT2D eigenvalue weighted by atomic mass is 9.92. The minimum atomic E-state index is -0.886. The maximum Gasteiger partial charge on any atom is 0.407 e. The lowest BCUT2D eigenvalue weighted by molar-refractivity contribution is -0.138. The molecule has 1 saturated carbocycles. The highest BCUT2D eigenvalue weighted by atomic mass is 16.5. The number of hydrogen-bond acceptors (Lipinski definition) is 9. The Kier molecular flexibility index (Phi) is 11.0. The zero-order chi connectivity index (χ0) is 44.9. The second-order valence-electron chi connectivity index (χ2n) is 17.9. The molecule has 1 aliphatic carbocycles. The number of likely N-dealkylation sites (tertiary alicyclic amines) is 2. The molecule has 65 heavy (non-hydrogen) atoms. The number of amides is 4. The fourth-order valence-electron chi connectivity index (χ4n) is 10.5. The molecule has 0 unspecified atom stereocenters. The largest absolute Gasteiger partial charge is 0.488 e. The molecule has 2 bridgehead atoms. The molecule has 0 spiro atoms. The van der Waals surface area contributed by atoms with Gasteiger partial charge in [-0.25, -0.2) is 19.6 Å². The van der Waals surface area contributed by atoms with Crippen molar-refractivity contribution in [3.05, 3.63) is 114 Å². The highest BCUT2D eigenvalue weighted by molar-refractivity contribution is 5.89. The molecule has 6 aromatic rings. The average molecular weight is 877 g/mol. The van der Waals surface area contributed by atoms with Crippen molar-refractivity contribution in [1.82, 2.24) is 40.4 Å². The third kappa shape index (κ3) is 7.72. The summed E-state index contributed by atoms with van der Waals surface area (Å²) in [6, 6.07) is 26.1. The number of methoxy groups -OCH3 is 2. The van der Waals surface area contributed by atoms with E-state index in [4.69, 9.17) is 24.2 Å². The second kappa shape index (κ2) is 17.1. The first-order valence-corrected chi connectivity index (χ1v) is 22.4. The van der Waals surface area contributed by atoms with Crippen molar-refractivity contribution in [3.63, 3.8) is 0 Å². The Labute approximate surface area is 376 Å². The van der Waals surface area contributed by atoms with Crippen molar-refractivity contribution in [1.29, 1.82) is 0 Å². The Bertz CT molecular complexity index is 2800. The predicted octanol–water partition coefficient (Wildman–Crippen LogP) is 8.37. The van der Waals surface area contributed by atoms with E-state index in [-0.39, 0.29) is 41.8 Å². The molecule has 3 aliphatic heterocycles. The molecule has 0 radical (unpaired) electrons. The molecular weight excluding hydrogens is 825 g/mol. The van der Waals surface area contributed by atoms with E-state index < -0.39 is 24.3 Å². The van der Waals surface area contributed by atoms with Gasteiger partial charge in [-0.2, -0.15) is 0 Å². The van der Waals surface area contributed by atoms with Crippen LogP contribution in [0, 0.1) is 11.8 Å². The molecule has 15 heteroatoms. The van der Waals surface area contributed by atoms with Gasteiger partial charge in [0.15, 0.2) is 0 Å². The molecule has 5 heterocycles. The van der Waals surface area contributed by atoms with Crippen LogP contribution in [0.5, 0.6) is 5.75 Å². The first-order valence-electron chi connectivity index (χ1n) is 22.4. The Morgan fingerprint density at radius 2 is 1.55 bits per heavy atom. The van der Waals surface area contributed by atoms with Crippen molar-refractivity contribution in [2.45, 2.75) is 82.8 Å². The molecule has 6 atom stereocenters. The minimum absolute atomic E-state index is 0.0620. The molecule has 3 fully saturated rings. The number of piperidine rings is 1. The molecule has 15 nitrogen and oxygen atoms in total. The van der Waals surface area contributed by atoms with Crippen LogP contribution in [0.25, 0.3) is 44.5 Å². The highest BCUT2D eigenvalue weighted by Crippen LogP contribution is 2.51. The Morgan fingerprint density at radius 1 is 0.800 bits per heavy atom. The number of H-pyrrole nitrogens is 2. The van der Waals surface area contributed by atoms with Crippen LogP contribution in [0.1, 0.15) is 86.9 Å². The second-order valence-corrected chi connectivity index (χ2v) is 17.9. The Hall–Kier alpha value is -7.16. The van der Waals surface area contributed by atoms with Gasteiger partial charge in [-0.15, -0.1) is 0 Å². The number of alkyl carbamates (subject to hydrolysis) is 2. The first kappa shape index (κ1) is 41.8. The lowest BCUT2D eigenvalue weighted by Crippen LogP contribution is -2.51. The van der Waals surface area contributed by atoms with E-state index in [0.29, 0.717) is 24.5 Å². The number of ether oxygens (including phenoxy) is 3. The van der Waals surface area contributed by atoms with E-state index in [1.165, 1.54) is 14.2 Å². The van der Waals surface area contributed by atoms with Gasteiger partial charge in [0, 0.05) is 18.2 Å². The van der Waals surface area contributed by atoms with Gasteiger partial charge < -0.3 is 44.6 Å². The topological polar surface area (TPSA) is 184 Å². The number of nitrogens with one attached hydrogen (secondary N) is 4. The number of imidazole rings is 2. The van der Waals surface area contributed by atoms with Crippen molar-refractivity contribution in [2.24, 2.45) is 11.8 Å². The molecule has 4 N–H and O–H groups in total. The molecule has 4 aliphatic rings. The van der Waals surface area contributed by atoms with Crippen molar-refractivity contribution in [3.8, 4) is 39.3 Å². The summed E-state index contributed by atoms with van der Waals surface area (Å²) >= 11 is 0. The van der Waals surface area contributed by atoms with Gasteiger partial charge in [0.05, 0.1) is 49.2 Å². The van der Waals surface area contributed by atoms with Crippen molar-refractivity contribution >= 4 is 35.0 Å². The van der Waals surface area contributed by atoms with Gasteiger partial charge in [0.2, 0.25) is 5.91 Å². The molecule has 2 aromatic heterocycles. The van der Waals surface area contributed by atoms with E-state index >= 15 is 0 Å². The van der Waals surface area contributed by atoms with Crippen LogP contribution in [0.2, 0.25) is 0 Å². The summed E-state index contributed by atoms with van der Waals surface area (Å²) in [6.07, 6.45) is 4.95. The summed E-state index contributed by atoms with van der Waals surface area (Å²) < 4.78 is 16.1. The zero-order valence-corrected chi connectivity index (χ0v) is 36.8. The zero-order valence-electron chi connectivity index (χ0n) is 36.8. The van der Waals surface area contributed by atoms with Crippen LogP contribution in [-0.4, -0.2) is 86.6 Å². The average Bonchev–Trinajstić information content (AvgIpc) is 4.20. The molecular formula is C50H52N8O7. The van der Waals surface area contributed by atoms with E-state index in [9.17, 15) is 19.2 Å². The maximum atomic E-state index is 14.4. The van der Waals surface area contributed by atoms with Crippen molar-refractivity contribution < 1.29 is 33.4 Å². The number of aromatic amines is 2. The fourth-order valence-corrected chi connectivity index (χ4v) is 10.5. The van der Waals surface area contributed by atoms with Crippen molar-refractivity contribution in [2.75, 3.05) is 20.8 Å². The minimum Gasteiger partial charge on any atom is -0.488 e. The number of fused-ring (bicyclic) bond motifs is 6. The molecule has 4 aromatic carbocycles. The number of benzene rings is 4. The van der Waals surface area contributed by atoms with Crippen LogP contribution in [0.3, 0.4) is 0 Å². The van der Waals surface area contributed by atoms with Gasteiger partial charge in [-0.3, -0.25) is 9.59 Å². The third-order valence-corrected chi connectivity index (χ3v) is 13.7. The number of hydrogen-bond donors (Lipinski definition) is 4. The normalized spacial score (nSPS) is 20.5. The fraction of sp³-hybridized carbons (Fsp3) is 0.360. The number of carbonyl (C=O) groups is 4. The molecule has 10 rings (SSSR count). The summed E-state index contributed by atoms with van der Waals surface area (Å²) in [6.45, 7) is 4.79. The molecule has 334 valence electrons.